The Labute approximate surface area is 80.7 Å². The largest absolute Gasteiger partial charge is 0.574 e. The van der Waals surface area contributed by atoms with Crippen LogP contribution in [0.1, 0.15) is 5.56 Å². The number of nitrogens with zero attached hydrogens (tertiary/aromatic N) is 1. The maximum atomic E-state index is 12.9. The van der Waals surface area contributed by atoms with Crippen LogP contribution in [0.25, 0.3) is 0 Å². The van der Waals surface area contributed by atoms with Crippen molar-refractivity contribution in [3.05, 3.63) is 23.4 Å². The molecule has 0 radical (unpaired) electrons. The van der Waals surface area contributed by atoms with Crippen LogP contribution in [0.15, 0.2) is 6.07 Å². The zero-order valence-electron chi connectivity index (χ0n) is 7.11. The van der Waals surface area contributed by atoms with E-state index in [9.17, 15) is 22.0 Å². The minimum absolute atomic E-state index is 0.325. The normalized spacial score (nSPS) is 11.6. The molecular weight excluding hydrogens is 223 g/mol. The number of alkyl halides is 3. The van der Waals surface area contributed by atoms with Crippen molar-refractivity contribution in [1.29, 1.82) is 0 Å². The third kappa shape index (κ3) is 3.01. The smallest absolute Gasteiger partial charge is 0.387 e. The third-order valence-corrected chi connectivity index (χ3v) is 1.42. The predicted molar refractivity (Wildman–Crippen MR) is 38.7 cm³/mol. The van der Waals surface area contributed by atoms with Crippen LogP contribution in [-0.4, -0.2) is 11.3 Å². The molecule has 8 heteroatoms. The Morgan fingerprint density at radius 3 is 2.40 bits per heavy atom. The SMILES string of the molecule is NCc1c(F)cc(F)nc1OC(F)(F)F. The fourth-order valence-corrected chi connectivity index (χ4v) is 0.869. The molecule has 84 valence electrons. The zero-order valence-corrected chi connectivity index (χ0v) is 7.11. The summed E-state index contributed by atoms with van der Waals surface area (Å²) in [5.74, 6) is -3.85. The van der Waals surface area contributed by atoms with Gasteiger partial charge in [0.15, 0.2) is 0 Å². The van der Waals surface area contributed by atoms with E-state index in [4.69, 9.17) is 5.73 Å². The van der Waals surface area contributed by atoms with Crippen molar-refractivity contribution in [2.45, 2.75) is 12.9 Å². The number of aromatic nitrogens is 1. The van der Waals surface area contributed by atoms with Gasteiger partial charge >= 0.3 is 6.36 Å². The van der Waals surface area contributed by atoms with Gasteiger partial charge in [-0.15, -0.1) is 13.2 Å². The van der Waals surface area contributed by atoms with Crippen molar-refractivity contribution in [3.8, 4) is 5.88 Å². The molecular formula is C7H5F5N2O. The van der Waals surface area contributed by atoms with Gasteiger partial charge in [0.05, 0.1) is 5.56 Å². The molecule has 0 atom stereocenters. The molecule has 0 aromatic carbocycles. The first-order valence-electron chi connectivity index (χ1n) is 3.64. The standard InChI is InChI=1S/C7H5F5N2O/c8-4-1-5(9)14-6(3(4)2-13)15-7(10,11)12/h1H,2,13H2. The topological polar surface area (TPSA) is 48.1 Å². The van der Waals surface area contributed by atoms with Crippen LogP contribution in [-0.2, 0) is 6.54 Å². The highest BCUT2D eigenvalue weighted by Gasteiger charge is 2.33. The summed E-state index contributed by atoms with van der Waals surface area (Å²) >= 11 is 0. The van der Waals surface area contributed by atoms with Crippen molar-refractivity contribution in [1.82, 2.24) is 4.98 Å². The predicted octanol–water partition coefficient (Wildman–Crippen LogP) is 1.72. The summed E-state index contributed by atoms with van der Waals surface area (Å²) < 4.78 is 64.0. The lowest BCUT2D eigenvalue weighted by atomic mass is 10.2. The molecule has 0 saturated carbocycles. The fourth-order valence-electron chi connectivity index (χ4n) is 0.869. The number of hydrogen-bond donors (Lipinski definition) is 1. The highest BCUT2D eigenvalue weighted by atomic mass is 19.4. The molecule has 0 spiro atoms. The molecule has 1 rings (SSSR count). The minimum atomic E-state index is -5.07. The number of pyridine rings is 1. The van der Waals surface area contributed by atoms with Crippen LogP contribution in [0.5, 0.6) is 5.88 Å². The Morgan fingerprint density at radius 1 is 1.33 bits per heavy atom. The van der Waals surface area contributed by atoms with Gasteiger partial charge in [-0.3, -0.25) is 0 Å². The maximum absolute atomic E-state index is 12.9. The third-order valence-electron chi connectivity index (χ3n) is 1.42. The minimum Gasteiger partial charge on any atom is -0.387 e. The van der Waals surface area contributed by atoms with Crippen molar-refractivity contribution in [2.75, 3.05) is 0 Å². The first-order valence-corrected chi connectivity index (χ1v) is 3.64. The lowest BCUT2D eigenvalue weighted by Gasteiger charge is -2.11. The van der Waals surface area contributed by atoms with Crippen LogP contribution in [0, 0.1) is 11.8 Å². The van der Waals surface area contributed by atoms with Crippen LogP contribution < -0.4 is 10.5 Å². The molecule has 0 fully saturated rings. The van der Waals surface area contributed by atoms with E-state index in [1.807, 2.05) is 0 Å². The van der Waals surface area contributed by atoms with Crippen LogP contribution in [0.3, 0.4) is 0 Å². The van der Waals surface area contributed by atoms with Gasteiger partial charge in [0.25, 0.3) is 0 Å². The first-order chi connectivity index (χ1) is 6.83. The van der Waals surface area contributed by atoms with Gasteiger partial charge in [-0.25, -0.2) is 4.39 Å². The Bertz CT molecular complexity index is 365. The first kappa shape index (κ1) is 11.6. The zero-order chi connectivity index (χ0) is 11.6. The Morgan fingerprint density at radius 2 is 1.93 bits per heavy atom. The number of hydrogen-bond acceptors (Lipinski definition) is 3. The number of halogens is 5. The Balaban J connectivity index is 3.15. The number of rotatable bonds is 2. The van der Waals surface area contributed by atoms with E-state index in [1.165, 1.54) is 0 Å². The van der Waals surface area contributed by atoms with E-state index < -0.39 is 36.1 Å². The lowest BCUT2D eigenvalue weighted by molar-refractivity contribution is -0.276. The second-order valence-electron chi connectivity index (χ2n) is 2.46. The van der Waals surface area contributed by atoms with E-state index in [0.29, 0.717) is 6.07 Å². The Kier molecular flexibility index (Phi) is 3.08. The van der Waals surface area contributed by atoms with Crippen molar-refractivity contribution >= 4 is 0 Å². The fraction of sp³-hybridized carbons (Fsp3) is 0.286. The molecule has 0 unspecified atom stereocenters. The van der Waals surface area contributed by atoms with Gasteiger partial charge in [-0.2, -0.15) is 9.37 Å². The molecule has 2 N–H and O–H groups in total. The number of ether oxygens (including phenoxy) is 1. The molecule has 0 amide bonds. The molecule has 3 nitrogen and oxygen atoms in total. The summed E-state index contributed by atoms with van der Waals surface area (Å²) in [6.07, 6.45) is -5.07. The van der Waals surface area contributed by atoms with Crippen molar-refractivity contribution < 1.29 is 26.7 Å². The van der Waals surface area contributed by atoms with Gasteiger partial charge in [-0.05, 0) is 0 Å². The maximum Gasteiger partial charge on any atom is 0.574 e. The second kappa shape index (κ2) is 3.97. The van der Waals surface area contributed by atoms with E-state index in [0.717, 1.165) is 0 Å². The quantitative estimate of drug-likeness (QED) is 0.619. The lowest BCUT2D eigenvalue weighted by Crippen LogP contribution is -2.20. The summed E-state index contributed by atoms with van der Waals surface area (Å²) in [5.41, 5.74) is 4.34. The Hall–Kier alpha value is -1.44. The molecule has 15 heavy (non-hydrogen) atoms. The summed E-state index contributed by atoms with van der Waals surface area (Å²) in [5, 5.41) is 0. The molecule has 0 aliphatic heterocycles. The molecule has 0 aliphatic carbocycles. The van der Waals surface area contributed by atoms with Gasteiger partial charge in [0.2, 0.25) is 11.8 Å². The van der Waals surface area contributed by atoms with Gasteiger partial charge in [0, 0.05) is 12.6 Å². The molecule has 0 saturated heterocycles. The highest BCUT2D eigenvalue weighted by molar-refractivity contribution is 5.27. The van der Waals surface area contributed by atoms with Crippen molar-refractivity contribution in [2.24, 2.45) is 5.73 Å². The van der Waals surface area contributed by atoms with E-state index in [-0.39, 0.29) is 0 Å². The second-order valence-corrected chi connectivity index (χ2v) is 2.46. The van der Waals surface area contributed by atoms with E-state index in [1.54, 1.807) is 0 Å². The molecule has 1 aromatic heterocycles. The molecule has 1 aromatic rings. The van der Waals surface area contributed by atoms with Gasteiger partial charge in [-0.1, -0.05) is 0 Å². The summed E-state index contributed by atoms with van der Waals surface area (Å²) in [6.45, 7) is -0.579. The van der Waals surface area contributed by atoms with Gasteiger partial charge < -0.3 is 10.5 Å². The molecule has 0 bridgehead atoms. The van der Waals surface area contributed by atoms with E-state index >= 15 is 0 Å². The summed E-state index contributed by atoms with van der Waals surface area (Å²) in [7, 11) is 0. The average molecular weight is 228 g/mol. The van der Waals surface area contributed by atoms with E-state index in [2.05, 4.69) is 9.72 Å². The molecule has 1 heterocycles. The van der Waals surface area contributed by atoms with Gasteiger partial charge in [0.1, 0.15) is 5.82 Å². The van der Waals surface area contributed by atoms with Crippen LogP contribution >= 0.6 is 0 Å². The monoisotopic (exact) mass is 228 g/mol. The van der Waals surface area contributed by atoms with Crippen LogP contribution in [0.2, 0.25) is 0 Å². The number of nitrogens with two attached hydrogens (primary N) is 1. The highest BCUT2D eigenvalue weighted by Crippen LogP contribution is 2.26. The molecule has 0 aliphatic rings. The van der Waals surface area contributed by atoms with Crippen molar-refractivity contribution in [3.63, 3.8) is 0 Å². The summed E-state index contributed by atoms with van der Waals surface area (Å²) in [6, 6.07) is 0.325. The summed E-state index contributed by atoms with van der Waals surface area (Å²) in [4.78, 5) is 2.76. The van der Waals surface area contributed by atoms with Crippen LogP contribution in [0.4, 0.5) is 22.0 Å². The average Bonchev–Trinajstić information content (AvgIpc) is 1.99.